The molecule has 2 rings (SSSR count). The molecule has 0 bridgehead atoms. The molecule has 1 aliphatic heterocycles. The zero-order valence-corrected chi connectivity index (χ0v) is 12.2. The van der Waals surface area contributed by atoms with E-state index in [-0.39, 0.29) is 12.1 Å². The van der Waals surface area contributed by atoms with Crippen LogP contribution in [0.5, 0.6) is 0 Å². The summed E-state index contributed by atoms with van der Waals surface area (Å²) in [5, 5.41) is 10.3. The van der Waals surface area contributed by atoms with Gasteiger partial charge in [-0.15, -0.1) is 11.8 Å². The van der Waals surface area contributed by atoms with Crippen LogP contribution in [-0.4, -0.2) is 51.5 Å². The second-order valence-electron chi connectivity index (χ2n) is 4.82. The molecule has 1 N–H and O–H groups in total. The molecule has 0 saturated carbocycles. The summed E-state index contributed by atoms with van der Waals surface area (Å²) < 4.78 is 38.2. The Labute approximate surface area is 124 Å². The topological polar surface area (TPSA) is 53.4 Å². The molecule has 0 unspecified atom stereocenters. The minimum Gasteiger partial charge on any atom is -0.379 e. The molecule has 1 aromatic rings. The molecule has 21 heavy (non-hydrogen) atoms. The molecule has 1 fully saturated rings. The lowest BCUT2D eigenvalue weighted by molar-refractivity contribution is -0.253. The average Bonchev–Trinajstić information content (AvgIpc) is 2.83. The highest BCUT2D eigenvalue weighted by molar-refractivity contribution is 7.99. The minimum absolute atomic E-state index is 0.125. The first-order valence-corrected chi connectivity index (χ1v) is 7.42. The van der Waals surface area contributed by atoms with Crippen LogP contribution >= 0.6 is 11.8 Å². The Morgan fingerprint density at radius 1 is 1.52 bits per heavy atom. The number of carbonyl (C=O) groups excluding carboxylic acids is 1. The lowest BCUT2D eigenvalue weighted by Gasteiger charge is -2.25. The van der Waals surface area contributed by atoms with Crippen molar-refractivity contribution < 1.29 is 23.1 Å². The van der Waals surface area contributed by atoms with Crippen molar-refractivity contribution >= 4 is 17.7 Å². The van der Waals surface area contributed by atoms with Crippen LogP contribution in [0.25, 0.3) is 0 Å². The Bertz CT molecular complexity index is 521. The van der Waals surface area contributed by atoms with E-state index in [2.05, 4.69) is 4.98 Å². The zero-order valence-electron chi connectivity index (χ0n) is 11.4. The van der Waals surface area contributed by atoms with E-state index in [0.717, 1.165) is 15.7 Å². The standard InChI is InChI=1S/C13H15F3N2O2S/c1-2-21-10-4-3-9(7-17-10)11(19)18-6-5-12(20,8-18)13(14,15)16/h3-4,7,20H,2,5-6,8H2,1H3/t12-/m0/s1. The van der Waals surface area contributed by atoms with Gasteiger partial charge >= 0.3 is 6.18 Å². The maximum absolute atomic E-state index is 12.7. The number of carbonyl (C=O) groups is 1. The van der Waals surface area contributed by atoms with E-state index < -0.39 is 30.7 Å². The van der Waals surface area contributed by atoms with Crippen molar-refractivity contribution in [3.63, 3.8) is 0 Å². The van der Waals surface area contributed by atoms with Crippen molar-refractivity contribution in [1.82, 2.24) is 9.88 Å². The minimum atomic E-state index is -4.73. The number of nitrogens with zero attached hydrogens (tertiary/aromatic N) is 2. The van der Waals surface area contributed by atoms with Gasteiger partial charge in [-0.2, -0.15) is 13.2 Å². The normalized spacial score (nSPS) is 22.6. The molecule has 0 spiro atoms. The molecule has 1 aromatic heterocycles. The average molecular weight is 320 g/mol. The van der Waals surface area contributed by atoms with Gasteiger partial charge in [-0.1, -0.05) is 6.92 Å². The molecule has 1 atom stereocenters. The summed E-state index contributed by atoms with van der Waals surface area (Å²) in [5.41, 5.74) is -2.59. The van der Waals surface area contributed by atoms with Crippen molar-refractivity contribution in [3.8, 4) is 0 Å². The second kappa shape index (κ2) is 5.84. The summed E-state index contributed by atoms with van der Waals surface area (Å²) in [6, 6.07) is 3.20. The van der Waals surface area contributed by atoms with Crippen LogP contribution in [0.4, 0.5) is 13.2 Å². The lowest BCUT2D eigenvalue weighted by atomic mass is 10.0. The molecule has 0 aromatic carbocycles. The van der Waals surface area contributed by atoms with Crippen molar-refractivity contribution in [3.05, 3.63) is 23.9 Å². The van der Waals surface area contributed by atoms with Crippen molar-refractivity contribution in [1.29, 1.82) is 0 Å². The Hall–Kier alpha value is -1.28. The Kier molecular flexibility index (Phi) is 4.48. The molecule has 0 radical (unpaired) electrons. The molecule has 2 heterocycles. The van der Waals surface area contributed by atoms with E-state index in [1.807, 2.05) is 6.92 Å². The SMILES string of the molecule is CCSc1ccc(C(=O)N2CC[C@@](O)(C(F)(F)F)C2)cn1. The van der Waals surface area contributed by atoms with Crippen LogP contribution in [0.2, 0.25) is 0 Å². The van der Waals surface area contributed by atoms with Gasteiger partial charge < -0.3 is 10.0 Å². The Balaban J connectivity index is 2.08. The highest BCUT2D eigenvalue weighted by atomic mass is 32.2. The second-order valence-corrected chi connectivity index (χ2v) is 6.11. The zero-order chi connectivity index (χ0) is 15.7. The van der Waals surface area contributed by atoms with E-state index >= 15 is 0 Å². The highest BCUT2D eigenvalue weighted by Gasteiger charge is 2.57. The van der Waals surface area contributed by atoms with Gasteiger partial charge in [-0.25, -0.2) is 4.98 Å². The van der Waals surface area contributed by atoms with Gasteiger partial charge in [0.25, 0.3) is 5.91 Å². The summed E-state index contributed by atoms with van der Waals surface area (Å²) >= 11 is 1.51. The third-order valence-corrected chi connectivity index (χ3v) is 4.16. The number of rotatable bonds is 3. The van der Waals surface area contributed by atoms with Crippen molar-refractivity contribution in [2.75, 3.05) is 18.8 Å². The predicted molar refractivity (Wildman–Crippen MR) is 72.2 cm³/mol. The monoisotopic (exact) mass is 320 g/mol. The lowest BCUT2D eigenvalue weighted by Crippen LogP contribution is -2.48. The van der Waals surface area contributed by atoms with Gasteiger partial charge in [0, 0.05) is 19.2 Å². The van der Waals surface area contributed by atoms with Crippen LogP contribution in [0.3, 0.4) is 0 Å². The largest absolute Gasteiger partial charge is 0.419 e. The van der Waals surface area contributed by atoms with Gasteiger partial charge in [0.2, 0.25) is 0 Å². The molecule has 1 saturated heterocycles. The molecule has 8 heteroatoms. The van der Waals surface area contributed by atoms with Crippen LogP contribution < -0.4 is 0 Å². The van der Waals surface area contributed by atoms with E-state index in [1.54, 1.807) is 6.07 Å². The third-order valence-electron chi connectivity index (χ3n) is 3.34. The number of halogens is 3. The van der Waals surface area contributed by atoms with E-state index in [4.69, 9.17) is 0 Å². The molecule has 0 aliphatic carbocycles. The van der Waals surface area contributed by atoms with Crippen LogP contribution in [0.1, 0.15) is 23.7 Å². The fraction of sp³-hybridized carbons (Fsp3) is 0.538. The Morgan fingerprint density at radius 3 is 2.71 bits per heavy atom. The number of β-amino-alcohol motifs (C(OH)–C–C–N with tert-alkyl or cyclic N) is 1. The molecule has 116 valence electrons. The summed E-state index contributed by atoms with van der Waals surface area (Å²) in [5.74, 6) is 0.293. The first-order valence-electron chi connectivity index (χ1n) is 6.44. The van der Waals surface area contributed by atoms with Gasteiger partial charge in [0.15, 0.2) is 5.60 Å². The van der Waals surface area contributed by atoms with Crippen LogP contribution in [0, 0.1) is 0 Å². The van der Waals surface area contributed by atoms with Gasteiger partial charge in [-0.3, -0.25) is 4.79 Å². The smallest absolute Gasteiger partial charge is 0.379 e. The van der Waals surface area contributed by atoms with Gasteiger partial charge in [0.1, 0.15) is 0 Å². The number of thioether (sulfide) groups is 1. The van der Waals surface area contributed by atoms with E-state index in [9.17, 15) is 23.1 Å². The van der Waals surface area contributed by atoms with Gasteiger partial charge in [0.05, 0.1) is 17.1 Å². The highest BCUT2D eigenvalue weighted by Crippen LogP contribution is 2.37. The first-order chi connectivity index (χ1) is 9.77. The van der Waals surface area contributed by atoms with Crippen molar-refractivity contribution in [2.45, 2.75) is 30.1 Å². The van der Waals surface area contributed by atoms with Crippen LogP contribution in [0.15, 0.2) is 23.4 Å². The fourth-order valence-electron chi connectivity index (χ4n) is 2.12. The number of alkyl halides is 3. The molecule has 1 amide bonds. The van der Waals surface area contributed by atoms with Crippen molar-refractivity contribution in [2.24, 2.45) is 0 Å². The number of hydrogen-bond donors (Lipinski definition) is 1. The molecule has 1 aliphatic rings. The number of amides is 1. The van der Waals surface area contributed by atoms with E-state index in [0.29, 0.717) is 0 Å². The summed E-state index contributed by atoms with van der Waals surface area (Å²) in [6.07, 6.45) is -3.88. The number of aromatic nitrogens is 1. The Morgan fingerprint density at radius 2 is 2.24 bits per heavy atom. The summed E-state index contributed by atoms with van der Waals surface area (Å²) in [4.78, 5) is 17.2. The van der Waals surface area contributed by atoms with Gasteiger partial charge in [-0.05, 0) is 17.9 Å². The van der Waals surface area contributed by atoms with Crippen LogP contribution in [-0.2, 0) is 0 Å². The summed E-state index contributed by atoms with van der Waals surface area (Å²) in [7, 11) is 0. The predicted octanol–water partition coefficient (Wildman–Crippen LogP) is 2.33. The quantitative estimate of drug-likeness (QED) is 0.869. The number of likely N-dealkylation sites (tertiary alicyclic amines) is 1. The fourth-order valence-corrected chi connectivity index (χ4v) is 2.71. The number of hydrogen-bond acceptors (Lipinski definition) is 4. The maximum Gasteiger partial charge on any atom is 0.419 e. The van der Waals surface area contributed by atoms with E-state index in [1.165, 1.54) is 24.0 Å². The maximum atomic E-state index is 12.7. The summed E-state index contributed by atoms with van der Waals surface area (Å²) in [6.45, 7) is 1.11. The number of aliphatic hydroxyl groups is 1. The first kappa shape index (κ1) is 16.1. The molecular formula is C13H15F3N2O2S. The third kappa shape index (κ3) is 3.32. The number of pyridine rings is 1. The molecule has 4 nitrogen and oxygen atoms in total. The molecular weight excluding hydrogens is 305 g/mol.